The lowest BCUT2D eigenvalue weighted by Crippen LogP contribution is -1.94. The van der Waals surface area contributed by atoms with Gasteiger partial charge in [-0.05, 0) is 28.7 Å². The Morgan fingerprint density at radius 2 is 2.44 bits per heavy atom. The van der Waals surface area contributed by atoms with E-state index in [1.54, 1.807) is 0 Å². The molecule has 0 amide bonds. The lowest BCUT2D eigenvalue weighted by Gasteiger charge is -1.93. The van der Waals surface area contributed by atoms with Gasteiger partial charge < -0.3 is 4.57 Å². The first-order chi connectivity index (χ1) is 4.33. The Bertz CT molecular complexity index is 185. The number of nitrogens with zero attached hydrogens (tertiary/aromatic N) is 1. The monoisotopic (exact) mass is 239 g/mol. The van der Waals surface area contributed by atoms with Gasteiger partial charge in [-0.15, -0.1) is 0 Å². The molecular weight excluding hydrogens is 232 g/mol. The van der Waals surface area contributed by atoms with E-state index in [-0.39, 0.29) is 6.67 Å². The van der Waals surface area contributed by atoms with Crippen LogP contribution >= 0.6 is 22.6 Å². The fraction of sp³-hybridized carbons (Fsp3) is 0.333. The fourth-order valence-electron chi connectivity index (χ4n) is 0.648. The minimum absolute atomic E-state index is 0.287. The molecule has 9 heavy (non-hydrogen) atoms. The van der Waals surface area contributed by atoms with Crippen LogP contribution in [0.1, 0.15) is 0 Å². The van der Waals surface area contributed by atoms with Crippen LogP contribution in [0.5, 0.6) is 0 Å². The van der Waals surface area contributed by atoms with Crippen molar-refractivity contribution in [3.05, 3.63) is 22.0 Å². The molecule has 1 aromatic heterocycles. The predicted molar refractivity (Wildman–Crippen MR) is 43.1 cm³/mol. The van der Waals surface area contributed by atoms with Crippen molar-refractivity contribution in [3.8, 4) is 0 Å². The molecule has 0 aromatic carbocycles. The molecule has 0 aliphatic carbocycles. The summed E-state index contributed by atoms with van der Waals surface area (Å²) in [6.45, 7) is 0.188. The Labute approximate surface area is 67.0 Å². The van der Waals surface area contributed by atoms with E-state index in [9.17, 15) is 4.39 Å². The highest BCUT2D eigenvalue weighted by atomic mass is 127. The third-order valence-corrected chi connectivity index (χ3v) is 1.70. The van der Waals surface area contributed by atoms with E-state index in [4.69, 9.17) is 0 Å². The van der Waals surface area contributed by atoms with Gasteiger partial charge in [0.25, 0.3) is 0 Å². The summed E-state index contributed by atoms with van der Waals surface area (Å²) in [7, 11) is 0. The summed E-state index contributed by atoms with van der Waals surface area (Å²) in [6, 6.07) is 1.95. The summed E-state index contributed by atoms with van der Waals surface area (Å²) in [6.07, 6.45) is 3.79. The van der Waals surface area contributed by atoms with Crippen LogP contribution in [-0.4, -0.2) is 11.2 Å². The first kappa shape index (κ1) is 7.05. The zero-order chi connectivity index (χ0) is 6.69. The van der Waals surface area contributed by atoms with Crippen LogP contribution in [0.15, 0.2) is 18.5 Å². The molecule has 0 spiro atoms. The lowest BCUT2D eigenvalue weighted by atomic mass is 10.7. The topological polar surface area (TPSA) is 4.93 Å². The summed E-state index contributed by atoms with van der Waals surface area (Å²) in [5.41, 5.74) is 0. The minimum Gasteiger partial charge on any atom is -0.351 e. The van der Waals surface area contributed by atoms with Gasteiger partial charge >= 0.3 is 0 Å². The zero-order valence-electron chi connectivity index (χ0n) is 4.85. The third-order valence-electron chi connectivity index (χ3n) is 1.06. The number of aromatic nitrogens is 1. The lowest BCUT2D eigenvalue weighted by molar-refractivity contribution is 0.446. The Kier molecular flexibility index (Phi) is 2.50. The van der Waals surface area contributed by atoms with Crippen molar-refractivity contribution in [2.75, 3.05) is 6.67 Å². The van der Waals surface area contributed by atoms with E-state index in [0.29, 0.717) is 6.54 Å². The Hall–Kier alpha value is -0.0600. The second-order valence-corrected chi connectivity index (χ2v) is 3.00. The van der Waals surface area contributed by atoms with Crippen LogP contribution in [0, 0.1) is 3.57 Å². The summed E-state index contributed by atoms with van der Waals surface area (Å²) in [4.78, 5) is 0. The van der Waals surface area contributed by atoms with Crippen LogP contribution in [0.4, 0.5) is 4.39 Å². The molecule has 0 saturated heterocycles. The molecular formula is C6H7FIN. The number of hydrogen-bond acceptors (Lipinski definition) is 0. The van der Waals surface area contributed by atoms with Crippen molar-refractivity contribution in [2.45, 2.75) is 6.54 Å². The van der Waals surface area contributed by atoms with Gasteiger partial charge in [-0.3, -0.25) is 0 Å². The minimum atomic E-state index is -0.287. The average molecular weight is 239 g/mol. The molecule has 0 unspecified atom stereocenters. The van der Waals surface area contributed by atoms with Crippen molar-refractivity contribution in [2.24, 2.45) is 0 Å². The third kappa shape index (κ3) is 1.97. The Morgan fingerprint density at radius 3 is 2.89 bits per heavy atom. The highest BCUT2D eigenvalue weighted by Crippen LogP contribution is 2.03. The number of aryl methyl sites for hydroxylation is 1. The van der Waals surface area contributed by atoms with Crippen LogP contribution in [0.3, 0.4) is 0 Å². The van der Waals surface area contributed by atoms with Gasteiger partial charge in [0, 0.05) is 16.0 Å². The van der Waals surface area contributed by atoms with E-state index >= 15 is 0 Å². The molecule has 0 N–H and O–H groups in total. The summed E-state index contributed by atoms with van der Waals surface area (Å²) in [5, 5.41) is 0. The molecule has 0 saturated carbocycles. The van der Waals surface area contributed by atoms with Crippen molar-refractivity contribution in [1.82, 2.24) is 4.57 Å². The molecule has 0 atom stereocenters. The van der Waals surface area contributed by atoms with Crippen molar-refractivity contribution < 1.29 is 4.39 Å². The van der Waals surface area contributed by atoms with E-state index in [0.717, 1.165) is 3.57 Å². The van der Waals surface area contributed by atoms with E-state index in [1.807, 2.05) is 23.0 Å². The molecule has 0 radical (unpaired) electrons. The maximum atomic E-state index is 11.7. The van der Waals surface area contributed by atoms with Gasteiger partial charge in [0.1, 0.15) is 6.67 Å². The van der Waals surface area contributed by atoms with Gasteiger partial charge in [-0.2, -0.15) is 0 Å². The highest BCUT2D eigenvalue weighted by molar-refractivity contribution is 14.1. The van der Waals surface area contributed by atoms with Gasteiger partial charge in [0.05, 0.1) is 6.54 Å². The normalized spacial score (nSPS) is 10.0. The summed E-state index contributed by atoms with van der Waals surface area (Å²) in [5.74, 6) is 0. The second-order valence-electron chi connectivity index (χ2n) is 1.76. The van der Waals surface area contributed by atoms with Gasteiger partial charge in [0.2, 0.25) is 0 Å². The SMILES string of the molecule is FCCn1ccc(I)c1. The number of rotatable bonds is 2. The average Bonchev–Trinajstić information content (AvgIpc) is 2.17. The van der Waals surface area contributed by atoms with E-state index in [2.05, 4.69) is 22.6 Å². The first-order valence-electron chi connectivity index (χ1n) is 2.70. The quantitative estimate of drug-likeness (QED) is 0.696. The van der Waals surface area contributed by atoms with Crippen molar-refractivity contribution in [3.63, 3.8) is 0 Å². The molecule has 1 aromatic rings. The maximum absolute atomic E-state index is 11.7. The molecule has 0 bridgehead atoms. The molecule has 3 heteroatoms. The van der Waals surface area contributed by atoms with Gasteiger partial charge in [-0.1, -0.05) is 0 Å². The van der Waals surface area contributed by atoms with Crippen LogP contribution in [-0.2, 0) is 6.54 Å². The van der Waals surface area contributed by atoms with Crippen molar-refractivity contribution in [1.29, 1.82) is 0 Å². The van der Waals surface area contributed by atoms with E-state index < -0.39 is 0 Å². The maximum Gasteiger partial charge on any atom is 0.107 e. The van der Waals surface area contributed by atoms with Crippen LogP contribution in [0.2, 0.25) is 0 Å². The van der Waals surface area contributed by atoms with Crippen LogP contribution < -0.4 is 0 Å². The van der Waals surface area contributed by atoms with Gasteiger partial charge in [0.15, 0.2) is 0 Å². The molecule has 0 aliphatic heterocycles. The number of halogens is 2. The first-order valence-corrected chi connectivity index (χ1v) is 3.78. The number of hydrogen-bond donors (Lipinski definition) is 0. The highest BCUT2D eigenvalue weighted by Gasteiger charge is 1.89. The molecule has 0 fully saturated rings. The summed E-state index contributed by atoms with van der Waals surface area (Å²) >= 11 is 2.20. The van der Waals surface area contributed by atoms with Crippen molar-refractivity contribution >= 4 is 22.6 Å². The van der Waals surface area contributed by atoms with Gasteiger partial charge in [-0.25, -0.2) is 4.39 Å². The van der Waals surface area contributed by atoms with E-state index in [1.165, 1.54) is 0 Å². The molecule has 0 aliphatic rings. The summed E-state index contributed by atoms with van der Waals surface area (Å²) < 4.78 is 14.7. The Morgan fingerprint density at radius 1 is 1.67 bits per heavy atom. The molecule has 50 valence electrons. The second kappa shape index (κ2) is 3.20. The Balaban J connectivity index is 2.61. The number of alkyl halides is 1. The largest absolute Gasteiger partial charge is 0.351 e. The molecule has 1 heterocycles. The zero-order valence-corrected chi connectivity index (χ0v) is 7.01. The predicted octanol–water partition coefficient (Wildman–Crippen LogP) is 2.06. The molecule has 1 rings (SSSR count). The standard InChI is InChI=1S/C6H7FIN/c7-2-4-9-3-1-6(8)5-9/h1,3,5H,2,4H2. The smallest absolute Gasteiger partial charge is 0.107 e. The fourth-order valence-corrected chi connectivity index (χ4v) is 1.17. The van der Waals surface area contributed by atoms with Crippen LogP contribution in [0.25, 0.3) is 0 Å². The molecule has 1 nitrogen and oxygen atoms in total.